The molecule has 0 saturated carbocycles. The molecule has 0 atom stereocenters. The molecule has 0 bridgehead atoms. The summed E-state index contributed by atoms with van der Waals surface area (Å²) in [5.41, 5.74) is 0. The Hall–Kier alpha value is -2.18. The summed E-state index contributed by atoms with van der Waals surface area (Å²) in [4.78, 5) is 19.3. The quantitative estimate of drug-likeness (QED) is 0.776. The fraction of sp³-hybridized carbons (Fsp3) is 0.538. The highest BCUT2D eigenvalue weighted by atomic mass is 15.3. The maximum absolute atomic E-state index is 4.49. The molecule has 2 aromatic heterocycles. The molecule has 2 aromatic rings. The second-order valence-corrected chi connectivity index (χ2v) is 4.61. The first-order valence-electron chi connectivity index (χ1n) is 6.88. The SMILES string of the molecule is CCCCCN(C)c1nc(NC)nc(-n2ccnc2)n1. The van der Waals surface area contributed by atoms with Crippen molar-refractivity contribution < 1.29 is 0 Å². The van der Waals surface area contributed by atoms with Crippen molar-refractivity contribution in [2.24, 2.45) is 0 Å². The van der Waals surface area contributed by atoms with Crippen molar-refractivity contribution in [2.45, 2.75) is 26.2 Å². The van der Waals surface area contributed by atoms with Crippen LogP contribution in [0.2, 0.25) is 0 Å². The van der Waals surface area contributed by atoms with E-state index in [0.717, 1.165) is 13.0 Å². The lowest BCUT2D eigenvalue weighted by Gasteiger charge is -2.17. The Kier molecular flexibility index (Phi) is 4.86. The van der Waals surface area contributed by atoms with Crippen LogP contribution in [0.4, 0.5) is 11.9 Å². The van der Waals surface area contributed by atoms with Gasteiger partial charge in [0.2, 0.25) is 17.8 Å². The van der Waals surface area contributed by atoms with Crippen molar-refractivity contribution in [1.82, 2.24) is 24.5 Å². The van der Waals surface area contributed by atoms with E-state index in [-0.39, 0.29) is 0 Å². The van der Waals surface area contributed by atoms with Gasteiger partial charge in [-0.3, -0.25) is 4.57 Å². The van der Waals surface area contributed by atoms with Gasteiger partial charge >= 0.3 is 0 Å². The van der Waals surface area contributed by atoms with Crippen molar-refractivity contribution in [2.75, 3.05) is 30.9 Å². The zero-order valence-corrected chi connectivity index (χ0v) is 12.2. The molecule has 108 valence electrons. The summed E-state index contributed by atoms with van der Waals surface area (Å²) in [7, 11) is 3.80. The smallest absolute Gasteiger partial charge is 0.241 e. The van der Waals surface area contributed by atoms with Crippen molar-refractivity contribution in [3.05, 3.63) is 18.7 Å². The van der Waals surface area contributed by atoms with Gasteiger partial charge in [-0.25, -0.2) is 4.98 Å². The Bertz CT molecular complexity index is 524. The number of hydrogen-bond donors (Lipinski definition) is 1. The minimum atomic E-state index is 0.557. The fourth-order valence-corrected chi connectivity index (χ4v) is 1.83. The molecule has 0 radical (unpaired) electrons. The van der Waals surface area contributed by atoms with E-state index in [0.29, 0.717) is 17.8 Å². The summed E-state index contributed by atoms with van der Waals surface area (Å²) in [6.07, 6.45) is 8.74. The largest absolute Gasteiger partial charge is 0.357 e. The van der Waals surface area contributed by atoms with E-state index in [1.165, 1.54) is 12.8 Å². The first-order valence-corrected chi connectivity index (χ1v) is 6.88. The molecule has 0 aliphatic carbocycles. The Labute approximate surface area is 119 Å². The van der Waals surface area contributed by atoms with Gasteiger partial charge in [-0.15, -0.1) is 0 Å². The summed E-state index contributed by atoms with van der Waals surface area (Å²) in [5.74, 6) is 1.80. The molecule has 0 aromatic carbocycles. The molecule has 1 N–H and O–H groups in total. The van der Waals surface area contributed by atoms with Crippen LogP contribution in [0, 0.1) is 0 Å². The Balaban J connectivity index is 2.22. The van der Waals surface area contributed by atoms with E-state index in [9.17, 15) is 0 Å². The number of anilines is 2. The predicted octanol–water partition coefficient (Wildman–Crippen LogP) is 1.73. The van der Waals surface area contributed by atoms with Crippen LogP contribution in [-0.2, 0) is 0 Å². The van der Waals surface area contributed by atoms with Crippen molar-refractivity contribution in [3.63, 3.8) is 0 Å². The average molecular weight is 275 g/mol. The highest BCUT2D eigenvalue weighted by Crippen LogP contribution is 2.12. The van der Waals surface area contributed by atoms with Crippen LogP contribution in [0.1, 0.15) is 26.2 Å². The number of unbranched alkanes of at least 4 members (excludes halogenated alkanes) is 2. The van der Waals surface area contributed by atoms with Crippen LogP contribution in [0.3, 0.4) is 0 Å². The zero-order valence-electron chi connectivity index (χ0n) is 12.2. The lowest BCUT2D eigenvalue weighted by Crippen LogP contribution is -2.22. The lowest BCUT2D eigenvalue weighted by atomic mass is 10.2. The fourth-order valence-electron chi connectivity index (χ4n) is 1.83. The second-order valence-electron chi connectivity index (χ2n) is 4.61. The second kappa shape index (κ2) is 6.83. The van der Waals surface area contributed by atoms with Gasteiger partial charge in [0.15, 0.2) is 0 Å². The van der Waals surface area contributed by atoms with Gasteiger partial charge in [0.05, 0.1) is 0 Å². The van der Waals surface area contributed by atoms with E-state index in [4.69, 9.17) is 0 Å². The molecule has 20 heavy (non-hydrogen) atoms. The molecular weight excluding hydrogens is 254 g/mol. The molecule has 0 amide bonds. The highest BCUT2D eigenvalue weighted by molar-refractivity contribution is 5.39. The molecule has 0 spiro atoms. The molecule has 2 rings (SSSR count). The summed E-state index contributed by atoms with van der Waals surface area (Å²) in [6.45, 7) is 3.13. The summed E-state index contributed by atoms with van der Waals surface area (Å²) >= 11 is 0. The van der Waals surface area contributed by atoms with Crippen LogP contribution in [0.15, 0.2) is 18.7 Å². The molecule has 0 aliphatic rings. The summed E-state index contributed by atoms with van der Waals surface area (Å²) < 4.78 is 1.77. The monoisotopic (exact) mass is 275 g/mol. The maximum Gasteiger partial charge on any atom is 0.241 e. The first-order chi connectivity index (χ1) is 9.74. The normalized spacial score (nSPS) is 10.6. The minimum absolute atomic E-state index is 0.557. The van der Waals surface area contributed by atoms with Gasteiger partial charge in [-0.05, 0) is 6.42 Å². The van der Waals surface area contributed by atoms with Crippen LogP contribution in [0.25, 0.3) is 5.95 Å². The van der Waals surface area contributed by atoms with Gasteiger partial charge in [0, 0.05) is 33.0 Å². The first kappa shape index (κ1) is 14.2. The average Bonchev–Trinajstić information content (AvgIpc) is 3.01. The molecule has 7 nitrogen and oxygen atoms in total. The molecule has 2 heterocycles. The van der Waals surface area contributed by atoms with Crippen LogP contribution in [-0.4, -0.2) is 45.1 Å². The number of nitrogens with one attached hydrogen (secondary N) is 1. The summed E-state index contributed by atoms with van der Waals surface area (Å²) in [5, 5.41) is 2.97. The Morgan fingerprint density at radius 2 is 2.10 bits per heavy atom. The van der Waals surface area contributed by atoms with Gasteiger partial charge in [-0.2, -0.15) is 15.0 Å². The van der Waals surface area contributed by atoms with E-state index < -0.39 is 0 Å². The maximum atomic E-state index is 4.49. The van der Waals surface area contributed by atoms with Gasteiger partial charge in [0.1, 0.15) is 6.33 Å². The topological polar surface area (TPSA) is 71.8 Å². The number of rotatable bonds is 7. The van der Waals surface area contributed by atoms with Crippen LogP contribution < -0.4 is 10.2 Å². The third-order valence-electron chi connectivity index (χ3n) is 3.01. The van der Waals surface area contributed by atoms with E-state index in [1.807, 2.05) is 13.2 Å². The minimum Gasteiger partial charge on any atom is -0.357 e. The number of hydrogen-bond acceptors (Lipinski definition) is 6. The van der Waals surface area contributed by atoms with E-state index in [2.05, 4.69) is 37.1 Å². The third-order valence-corrected chi connectivity index (χ3v) is 3.01. The van der Waals surface area contributed by atoms with Crippen LogP contribution >= 0.6 is 0 Å². The molecular formula is C13H21N7. The van der Waals surface area contributed by atoms with Gasteiger partial charge < -0.3 is 10.2 Å². The third kappa shape index (κ3) is 3.43. The van der Waals surface area contributed by atoms with Gasteiger partial charge in [0.25, 0.3) is 0 Å². The molecule has 0 unspecified atom stereocenters. The number of aromatic nitrogens is 5. The molecule has 0 aliphatic heterocycles. The number of imidazole rings is 1. The van der Waals surface area contributed by atoms with E-state index >= 15 is 0 Å². The predicted molar refractivity (Wildman–Crippen MR) is 79.3 cm³/mol. The highest BCUT2D eigenvalue weighted by Gasteiger charge is 2.10. The van der Waals surface area contributed by atoms with Crippen molar-refractivity contribution >= 4 is 11.9 Å². The van der Waals surface area contributed by atoms with Crippen molar-refractivity contribution in [1.29, 1.82) is 0 Å². The van der Waals surface area contributed by atoms with Gasteiger partial charge in [-0.1, -0.05) is 19.8 Å². The number of nitrogens with zero attached hydrogens (tertiary/aromatic N) is 6. The lowest BCUT2D eigenvalue weighted by molar-refractivity contribution is 0.693. The molecule has 7 heteroatoms. The molecule has 0 fully saturated rings. The zero-order chi connectivity index (χ0) is 14.4. The standard InChI is InChI=1S/C13H21N7/c1-4-5-6-8-19(3)12-16-11(14-2)17-13(18-12)20-9-7-15-10-20/h7,9-10H,4-6,8H2,1-3H3,(H,14,16,17,18). The van der Waals surface area contributed by atoms with Crippen molar-refractivity contribution in [3.8, 4) is 5.95 Å². The Morgan fingerprint density at radius 1 is 1.25 bits per heavy atom. The van der Waals surface area contributed by atoms with Crippen LogP contribution in [0.5, 0.6) is 0 Å². The summed E-state index contributed by atoms with van der Waals surface area (Å²) in [6, 6.07) is 0. The van der Waals surface area contributed by atoms with E-state index in [1.54, 1.807) is 24.1 Å². The Morgan fingerprint density at radius 3 is 2.75 bits per heavy atom. The molecule has 0 saturated heterocycles.